The van der Waals surface area contributed by atoms with E-state index in [-0.39, 0.29) is 17.5 Å². The Morgan fingerprint density at radius 2 is 2.28 bits per heavy atom. The molecule has 1 atom stereocenters. The van der Waals surface area contributed by atoms with Crippen LogP contribution >= 0.6 is 0 Å². The lowest BCUT2D eigenvalue weighted by atomic mass is 10.2. The molecule has 1 heterocycles. The zero-order chi connectivity index (χ0) is 13.2. The van der Waals surface area contributed by atoms with Crippen molar-refractivity contribution >= 4 is 10.0 Å². The van der Waals surface area contributed by atoms with E-state index in [0.29, 0.717) is 18.5 Å². The van der Waals surface area contributed by atoms with Crippen LogP contribution < -0.4 is 0 Å². The lowest BCUT2D eigenvalue weighted by Gasteiger charge is -2.22. The summed E-state index contributed by atoms with van der Waals surface area (Å²) in [7, 11) is -3.61. The van der Waals surface area contributed by atoms with E-state index in [1.807, 2.05) is 6.07 Å². The minimum absolute atomic E-state index is 0.113. The van der Waals surface area contributed by atoms with Crippen molar-refractivity contribution in [3.05, 3.63) is 29.8 Å². The molecule has 18 heavy (non-hydrogen) atoms. The van der Waals surface area contributed by atoms with Gasteiger partial charge in [-0.1, -0.05) is 6.07 Å². The standard InChI is InChI=1S/C12H14N2O3S/c13-8-10-3-1-5-12(7-10)18(16,17)14-6-2-4-11(14)9-15/h1,3,5,7,11,15H,2,4,6,9H2/t11-/m1/s1. The van der Waals surface area contributed by atoms with Gasteiger partial charge in [-0.25, -0.2) is 8.42 Å². The molecule has 0 radical (unpaired) electrons. The van der Waals surface area contributed by atoms with Gasteiger partial charge in [-0.2, -0.15) is 9.57 Å². The van der Waals surface area contributed by atoms with Gasteiger partial charge in [-0.15, -0.1) is 0 Å². The van der Waals surface area contributed by atoms with Crippen molar-refractivity contribution in [2.45, 2.75) is 23.8 Å². The Labute approximate surface area is 106 Å². The second kappa shape index (κ2) is 5.06. The summed E-state index contributed by atoms with van der Waals surface area (Å²) in [6, 6.07) is 7.53. The molecule has 1 aliphatic rings. The predicted octanol–water partition coefficient (Wildman–Crippen LogP) is 0.704. The fourth-order valence-electron chi connectivity index (χ4n) is 2.17. The van der Waals surface area contributed by atoms with Crippen LogP contribution in [0.4, 0.5) is 0 Å². The first-order valence-corrected chi connectivity index (χ1v) is 7.16. The van der Waals surface area contributed by atoms with E-state index in [0.717, 1.165) is 6.42 Å². The zero-order valence-electron chi connectivity index (χ0n) is 9.78. The van der Waals surface area contributed by atoms with E-state index in [2.05, 4.69) is 0 Å². The number of hydrogen-bond acceptors (Lipinski definition) is 4. The molecule has 1 saturated heterocycles. The number of nitrogens with zero attached hydrogens (tertiary/aromatic N) is 2. The molecule has 0 amide bonds. The summed E-state index contributed by atoms with van der Waals surface area (Å²) in [5.41, 5.74) is 0.316. The smallest absolute Gasteiger partial charge is 0.243 e. The molecule has 1 aromatic rings. The summed E-state index contributed by atoms with van der Waals surface area (Å²) in [5.74, 6) is 0. The van der Waals surface area contributed by atoms with Crippen LogP contribution in [0.5, 0.6) is 0 Å². The maximum Gasteiger partial charge on any atom is 0.243 e. The number of rotatable bonds is 3. The number of aliphatic hydroxyl groups is 1. The highest BCUT2D eigenvalue weighted by atomic mass is 32.2. The van der Waals surface area contributed by atoms with Crippen LogP contribution in [-0.4, -0.2) is 37.0 Å². The molecule has 0 saturated carbocycles. The van der Waals surface area contributed by atoms with Gasteiger partial charge < -0.3 is 5.11 Å². The van der Waals surface area contributed by atoms with Crippen LogP contribution in [0.25, 0.3) is 0 Å². The van der Waals surface area contributed by atoms with Crippen molar-refractivity contribution in [1.29, 1.82) is 5.26 Å². The van der Waals surface area contributed by atoms with E-state index >= 15 is 0 Å². The maximum atomic E-state index is 12.4. The number of nitriles is 1. The Morgan fingerprint density at radius 3 is 2.94 bits per heavy atom. The number of aliphatic hydroxyl groups excluding tert-OH is 1. The Kier molecular flexibility index (Phi) is 3.66. The Morgan fingerprint density at radius 1 is 1.50 bits per heavy atom. The first-order chi connectivity index (χ1) is 8.59. The van der Waals surface area contributed by atoms with Gasteiger partial charge >= 0.3 is 0 Å². The van der Waals surface area contributed by atoms with Gasteiger partial charge in [0.15, 0.2) is 0 Å². The van der Waals surface area contributed by atoms with Gasteiger partial charge in [0.05, 0.1) is 23.1 Å². The van der Waals surface area contributed by atoms with Gasteiger partial charge in [0.25, 0.3) is 0 Å². The van der Waals surface area contributed by atoms with Gasteiger partial charge in [-0.3, -0.25) is 0 Å². The third-order valence-electron chi connectivity index (χ3n) is 3.10. The molecule has 6 heteroatoms. The Hall–Kier alpha value is -1.42. The average Bonchev–Trinajstić information content (AvgIpc) is 2.88. The average molecular weight is 266 g/mol. The highest BCUT2D eigenvalue weighted by molar-refractivity contribution is 7.89. The third-order valence-corrected chi connectivity index (χ3v) is 5.05. The molecule has 96 valence electrons. The van der Waals surface area contributed by atoms with Gasteiger partial charge in [-0.05, 0) is 31.0 Å². The summed E-state index contributed by atoms with van der Waals surface area (Å²) in [5, 5.41) is 18.0. The Balaban J connectivity index is 2.39. The van der Waals surface area contributed by atoms with Crippen LogP contribution in [0.1, 0.15) is 18.4 Å². The van der Waals surface area contributed by atoms with E-state index in [1.54, 1.807) is 12.1 Å². The van der Waals surface area contributed by atoms with Crippen LogP contribution in [0.3, 0.4) is 0 Å². The summed E-state index contributed by atoms with van der Waals surface area (Å²) in [6.07, 6.45) is 1.43. The molecule has 0 spiro atoms. The lowest BCUT2D eigenvalue weighted by molar-refractivity contribution is 0.213. The fourth-order valence-corrected chi connectivity index (χ4v) is 3.90. The second-order valence-electron chi connectivity index (χ2n) is 4.23. The van der Waals surface area contributed by atoms with Crippen LogP contribution in [0.15, 0.2) is 29.2 Å². The number of hydrogen-bond donors (Lipinski definition) is 1. The largest absolute Gasteiger partial charge is 0.395 e. The molecule has 0 aromatic heterocycles. The van der Waals surface area contributed by atoms with Crippen molar-refractivity contribution in [2.75, 3.05) is 13.2 Å². The van der Waals surface area contributed by atoms with Gasteiger partial charge in [0, 0.05) is 12.6 Å². The highest BCUT2D eigenvalue weighted by Gasteiger charge is 2.34. The molecular weight excluding hydrogens is 252 g/mol. The minimum Gasteiger partial charge on any atom is -0.395 e. The molecule has 1 aliphatic heterocycles. The van der Waals surface area contributed by atoms with E-state index in [4.69, 9.17) is 5.26 Å². The normalized spacial score (nSPS) is 20.8. The van der Waals surface area contributed by atoms with Gasteiger partial charge in [0.1, 0.15) is 0 Å². The summed E-state index contributed by atoms with van der Waals surface area (Å²) < 4.78 is 26.1. The summed E-state index contributed by atoms with van der Waals surface area (Å²) in [4.78, 5) is 0.113. The number of benzene rings is 1. The topological polar surface area (TPSA) is 81.4 Å². The lowest BCUT2D eigenvalue weighted by Crippen LogP contribution is -2.37. The van der Waals surface area contributed by atoms with Crippen molar-refractivity contribution in [3.63, 3.8) is 0 Å². The molecule has 1 aromatic carbocycles. The predicted molar refractivity (Wildman–Crippen MR) is 65.2 cm³/mol. The van der Waals surface area contributed by atoms with Crippen molar-refractivity contribution in [2.24, 2.45) is 0 Å². The minimum atomic E-state index is -3.61. The van der Waals surface area contributed by atoms with Crippen molar-refractivity contribution in [1.82, 2.24) is 4.31 Å². The number of sulfonamides is 1. The monoisotopic (exact) mass is 266 g/mol. The zero-order valence-corrected chi connectivity index (χ0v) is 10.6. The quantitative estimate of drug-likeness (QED) is 0.873. The molecule has 2 rings (SSSR count). The summed E-state index contributed by atoms with van der Waals surface area (Å²) in [6.45, 7) is 0.251. The van der Waals surface area contributed by atoms with Crippen molar-refractivity contribution in [3.8, 4) is 6.07 Å². The molecule has 1 fully saturated rings. The molecule has 0 bridgehead atoms. The second-order valence-corrected chi connectivity index (χ2v) is 6.12. The maximum absolute atomic E-state index is 12.4. The van der Waals surface area contributed by atoms with E-state index in [9.17, 15) is 13.5 Å². The van der Waals surface area contributed by atoms with Crippen LogP contribution in [0, 0.1) is 11.3 Å². The van der Waals surface area contributed by atoms with E-state index < -0.39 is 10.0 Å². The van der Waals surface area contributed by atoms with Gasteiger partial charge in [0.2, 0.25) is 10.0 Å². The highest BCUT2D eigenvalue weighted by Crippen LogP contribution is 2.26. The Bertz CT molecular complexity index is 577. The van der Waals surface area contributed by atoms with Crippen molar-refractivity contribution < 1.29 is 13.5 Å². The van der Waals surface area contributed by atoms with E-state index in [1.165, 1.54) is 16.4 Å². The summed E-state index contributed by atoms with van der Waals surface area (Å²) >= 11 is 0. The van der Waals surface area contributed by atoms with Crippen LogP contribution in [0.2, 0.25) is 0 Å². The molecule has 5 nitrogen and oxygen atoms in total. The third kappa shape index (κ3) is 2.25. The van der Waals surface area contributed by atoms with Crippen LogP contribution in [-0.2, 0) is 10.0 Å². The first kappa shape index (κ1) is 13.0. The molecular formula is C12H14N2O3S. The molecule has 0 aliphatic carbocycles. The fraction of sp³-hybridized carbons (Fsp3) is 0.417. The first-order valence-electron chi connectivity index (χ1n) is 5.72. The molecule has 1 N–H and O–H groups in total. The SMILES string of the molecule is N#Cc1cccc(S(=O)(=O)N2CCC[C@@H]2CO)c1. The molecule has 0 unspecified atom stereocenters.